The highest BCUT2D eigenvalue weighted by Gasteiger charge is 2.43. The number of fused-ring (bicyclic) bond motifs is 1. The second-order valence-electron chi connectivity index (χ2n) is 10.8. The first-order valence-electron chi connectivity index (χ1n) is 13.2. The van der Waals surface area contributed by atoms with E-state index in [0.717, 1.165) is 74.4 Å². The third-order valence-electron chi connectivity index (χ3n) is 8.20. The van der Waals surface area contributed by atoms with E-state index in [1.165, 1.54) is 11.3 Å². The van der Waals surface area contributed by atoms with E-state index in [1.807, 2.05) is 6.07 Å². The van der Waals surface area contributed by atoms with Crippen LogP contribution in [0.2, 0.25) is 0 Å². The second-order valence-corrected chi connectivity index (χ2v) is 12.0. The molecule has 1 aliphatic carbocycles. The standard InChI is InChI=1S/C26H33N9O2S/c1-26(8-3-6-19-21(26)17(12-27)22(29)38-19)24-32-23(33-37-24)18-11-20(35-10-7-15(28)13-35)31-25(30-18)36-14-16-5-4-9-34(16)2/h11,15-16H,3-10,13-14,28-29H2,1-2H3. The number of thiophene rings is 1. The molecule has 5 heterocycles. The number of nitriles is 1. The predicted octanol–water partition coefficient (Wildman–Crippen LogP) is 2.69. The summed E-state index contributed by atoms with van der Waals surface area (Å²) in [5.74, 6) is 1.57. The topological polar surface area (TPSA) is 156 Å². The number of likely N-dealkylation sites (N-methyl/N-ethyl adjacent to an activating group) is 1. The molecule has 3 aromatic heterocycles. The minimum atomic E-state index is -0.595. The Bertz CT molecular complexity index is 1380. The van der Waals surface area contributed by atoms with Crippen LogP contribution in [0.1, 0.15) is 60.9 Å². The van der Waals surface area contributed by atoms with Crippen molar-refractivity contribution in [3.8, 4) is 23.6 Å². The zero-order chi connectivity index (χ0) is 26.4. The quantitative estimate of drug-likeness (QED) is 0.478. The van der Waals surface area contributed by atoms with Gasteiger partial charge < -0.3 is 30.5 Å². The lowest BCUT2D eigenvalue weighted by atomic mass is 9.72. The highest BCUT2D eigenvalue weighted by atomic mass is 32.1. The van der Waals surface area contributed by atoms with Crippen LogP contribution in [0, 0.1) is 11.3 Å². The van der Waals surface area contributed by atoms with Crippen molar-refractivity contribution < 1.29 is 9.26 Å². The lowest BCUT2D eigenvalue weighted by Crippen LogP contribution is -2.31. The third kappa shape index (κ3) is 4.38. The van der Waals surface area contributed by atoms with Gasteiger partial charge in [0.2, 0.25) is 11.7 Å². The van der Waals surface area contributed by atoms with Crippen molar-refractivity contribution >= 4 is 22.2 Å². The van der Waals surface area contributed by atoms with Gasteiger partial charge in [-0.15, -0.1) is 11.3 Å². The Morgan fingerprint density at radius 1 is 1.26 bits per heavy atom. The van der Waals surface area contributed by atoms with Crippen molar-refractivity contribution in [2.75, 3.05) is 43.9 Å². The Morgan fingerprint density at radius 3 is 2.87 bits per heavy atom. The summed E-state index contributed by atoms with van der Waals surface area (Å²) in [6.07, 6.45) is 5.80. The van der Waals surface area contributed by atoms with E-state index in [-0.39, 0.29) is 6.04 Å². The maximum atomic E-state index is 9.82. The van der Waals surface area contributed by atoms with Gasteiger partial charge in [-0.1, -0.05) is 5.16 Å². The van der Waals surface area contributed by atoms with Gasteiger partial charge in [0.15, 0.2) is 0 Å². The Hall–Kier alpha value is -3.27. The summed E-state index contributed by atoms with van der Waals surface area (Å²) < 4.78 is 12.0. The first kappa shape index (κ1) is 25.0. The van der Waals surface area contributed by atoms with E-state index in [1.54, 1.807) is 0 Å². The zero-order valence-corrected chi connectivity index (χ0v) is 22.6. The van der Waals surface area contributed by atoms with E-state index in [0.29, 0.717) is 46.6 Å². The van der Waals surface area contributed by atoms with Gasteiger partial charge in [0.1, 0.15) is 29.2 Å². The average Bonchev–Trinajstić information content (AvgIpc) is 3.70. The lowest BCUT2D eigenvalue weighted by molar-refractivity contribution is 0.188. The number of anilines is 2. The number of nitrogen functional groups attached to an aromatic ring is 1. The molecule has 11 nitrogen and oxygen atoms in total. The Morgan fingerprint density at radius 2 is 2.13 bits per heavy atom. The molecule has 3 atom stereocenters. The van der Waals surface area contributed by atoms with Crippen LogP contribution >= 0.6 is 11.3 Å². The molecule has 2 fully saturated rings. The van der Waals surface area contributed by atoms with Crippen LogP contribution in [0.4, 0.5) is 10.8 Å². The van der Waals surface area contributed by atoms with E-state index >= 15 is 0 Å². The van der Waals surface area contributed by atoms with Gasteiger partial charge in [-0.05, 0) is 59.0 Å². The van der Waals surface area contributed by atoms with Gasteiger partial charge in [-0.3, -0.25) is 0 Å². The van der Waals surface area contributed by atoms with Crippen LogP contribution in [-0.2, 0) is 11.8 Å². The van der Waals surface area contributed by atoms with Gasteiger partial charge >= 0.3 is 6.01 Å². The Balaban J connectivity index is 1.34. The molecule has 6 rings (SSSR count). The van der Waals surface area contributed by atoms with Crippen LogP contribution in [0.3, 0.4) is 0 Å². The van der Waals surface area contributed by atoms with Crippen LogP contribution < -0.4 is 21.1 Å². The molecule has 3 aromatic rings. The number of hydrogen-bond donors (Lipinski definition) is 2. The molecule has 0 aromatic carbocycles. The van der Waals surface area contributed by atoms with Gasteiger partial charge in [-0.25, -0.2) is 0 Å². The van der Waals surface area contributed by atoms with Crippen LogP contribution in [0.15, 0.2) is 10.6 Å². The van der Waals surface area contributed by atoms with E-state index in [2.05, 4.69) is 40.0 Å². The van der Waals surface area contributed by atoms with Gasteiger partial charge in [0.05, 0.1) is 11.0 Å². The molecule has 0 saturated carbocycles. The number of hydrogen-bond acceptors (Lipinski definition) is 12. The highest BCUT2D eigenvalue weighted by Crippen LogP contribution is 2.48. The van der Waals surface area contributed by atoms with Crippen molar-refractivity contribution in [1.29, 1.82) is 5.26 Å². The summed E-state index contributed by atoms with van der Waals surface area (Å²) in [4.78, 5) is 19.8. The number of ether oxygens (including phenoxy) is 1. The minimum absolute atomic E-state index is 0.106. The van der Waals surface area contributed by atoms with E-state index in [4.69, 9.17) is 30.7 Å². The number of nitrogens with zero attached hydrogens (tertiary/aromatic N) is 7. The molecule has 0 amide bonds. The van der Waals surface area contributed by atoms with Crippen LogP contribution in [0.5, 0.6) is 6.01 Å². The Kier molecular flexibility index (Phi) is 6.45. The third-order valence-corrected chi connectivity index (χ3v) is 9.28. The normalized spacial score (nSPS) is 25.5. The average molecular weight is 536 g/mol. The van der Waals surface area contributed by atoms with Crippen molar-refractivity contribution in [3.05, 3.63) is 28.0 Å². The maximum absolute atomic E-state index is 9.82. The fourth-order valence-electron chi connectivity index (χ4n) is 5.97. The molecular formula is C26H33N9O2S. The first-order valence-corrected chi connectivity index (χ1v) is 14.1. The zero-order valence-electron chi connectivity index (χ0n) is 21.8. The van der Waals surface area contributed by atoms with Crippen molar-refractivity contribution in [2.24, 2.45) is 5.73 Å². The SMILES string of the molecule is CN1CCCC1COc1nc(-c2noc(C3(C)CCCc4sc(N)c(C#N)c43)n2)cc(N2CCC(N)C2)n1. The van der Waals surface area contributed by atoms with Crippen molar-refractivity contribution in [2.45, 2.75) is 62.9 Å². The molecule has 2 saturated heterocycles. The molecule has 4 N–H and O–H groups in total. The molecule has 2 aliphatic heterocycles. The molecule has 38 heavy (non-hydrogen) atoms. The molecule has 0 spiro atoms. The first-order chi connectivity index (χ1) is 18.4. The monoisotopic (exact) mass is 535 g/mol. The van der Waals surface area contributed by atoms with Gasteiger partial charge in [0, 0.05) is 41.7 Å². The summed E-state index contributed by atoms with van der Waals surface area (Å²) >= 11 is 1.48. The van der Waals surface area contributed by atoms with E-state index in [9.17, 15) is 5.26 Å². The Labute approximate surface area is 225 Å². The molecule has 3 aliphatic rings. The van der Waals surface area contributed by atoms with Gasteiger partial charge in [-0.2, -0.15) is 20.2 Å². The highest BCUT2D eigenvalue weighted by molar-refractivity contribution is 7.16. The molecular weight excluding hydrogens is 502 g/mol. The molecule has 0 radical (unpaired) electrons. The number of aromatic nitrogens is 4. The molecule has 200 valence electrons. The number of likely N-dealkylation sites (tertiary alicyclic amines) is 1. The summed E-state index contributed by atoms with van der Waals surface area (Å²) in [7, 11) is 2.12. The summed E-state index contributed by atoms with van der Waals surface area (Å²) in [5.41, 5.74) is 13.8. The summed E-state index contributed by atoms with van der Waals surface area (Å²) in [6, 6.07) is 4.92. The smallest absolute Gasteiger partial charge is 0.319 e. The predicted molar refractivity (Wildman–Crippen MR) is 144 cm³/mol. The van der Waals surface area contributed by atoms with E-state index < -0.39 is 5.41 Å². The maximum Gasteiger partial charge on any atom is 0.319 e. The van der Waals surface area contributed by atoms with Crippen molar-refractivity contribution in [1.82, 2.24) is 25.0 Å². The lowest BCUT2D eigenvalue weighted by Gasteiger charge is -2.30. The summed E-state index contributed by atoms with van der Waals surface area (Å²) in [6.45, 7) is 5.18. The van der Waals surface area contributed by atoms with Crippen molar-refractivity contribution in [3.63, 3.8) is 0 Å². The molecule has 3 unspecified atom stereocenters. The second kappa shape index (κ2) is 9.80. The summed E-state index contributed by atoms with van der Waals surface area (Å²) in [5, 5.41) is 14.7. The van der Waals surface area contributed by atoms with Crippen LogP contribution in [-0.4, -0.2) is 70.4 Å². The fraction of sp³-hybridized carbons (Fsp3) is 0.577. The minimum Gasteiger partial charge on any atom is -0.462 e. The number of rotatable bonds is 6. The van der Waals surface area contributed by atoms with Crippen LogP contribution in [0.25, 0.3) is 11.5 Å². The fourth-order valence-corrected chi connectivity index (χ4v) is 7.16. The number of aryl methyl sites for hydroxylation is 1. The molecule has 12 heteroatoms. The number of nitrogens with two attached hydrogens (primary N) is 2. The largest absolute Gasteiger partial charge is 0.462 e. The molecule has 0 bridgehead atoms. The van der Waals surface area contributed by atoms with Gasteiger partial charge in [0.25, 0.3) is 0 Å².